The number of hydrogen-bond donors (Lipinski definition) is 2. The summed E-state index contributed by atoms with van der Waals surface area (Å²) < 4.78 is 37.8. The normalized spacial score (nSPS) is 11.4. The topological polar surface area (TPSA) is 61.4 Å². The smallest absolute Gasteiger partial charge is 0.325 e. The molecular weight excluding hydrogens is 359 g/mol. The van der Waals surface area contributed by atoms with Gasteiger partial charge in [-0.05, 0) is 63.0 Å². The van der Waals surface area contributed by atoms with Crippen LogP contribution in [0.4, 0.5) is 24.5 Å². The molecule has 2 aromatic rings. The van der Waals surface area contributed by atoms with Crippen LogP contribution in [0.15, 0.2) is 42.5 Å². The molecule has 27 heavy (non-hydrogen) atoms. The second-order valence-corrected chi connectivity index (χ2v) is 6.34. The first-order chi connectivity index (χ1) is 12.6. The molecule has 0 unspecified atom stereocenters. The number of hydrogen-bond acceptors (Lipinski definition) is 3. The molecule has 0 heterocycles. The summed E-state index contributed by atoms with van der Waals surface area (Å²) in [6.45, 7) is 1.98. The van der Waals surface area contributed by atoms with E-state index in [0.29, 0.717) is 11.4 Å². The fourth-order valence-corrected chi connectivity index (χ4v) is 2.33. The molecule has 0 radical (unpaired) electrons. The van der Waals surface area contributed by atoms with Gasteiger partial charge in [0.15, 0.2) is 0 Å². The number of halogens is 3. The van der Waals surface area contributed by atoms with E-state index in [4.69, 9.17) is 0 Å². The highest BCUT2D eigenvalue weighted by Gasteiger charge is 2.30. The van der Waals surface area contributed by atoms with Crippen molar-refractivity contribution < 1.29 is 22.8 Å². The maximum absolute atomic E-state index is 12.6. The highest BCUT2D eigenvalue weighted by molar-refractivity contribution is 6.05. The van der Waals surface area contributed by atoms with Crippen LogP contribution < -0.4 is 10.6 Å². The molecule has 5 nitrogen and oxygen atoms in total. The van der Waals surface area contributed by atoms with E-state index in [-0.39, 0.29) is 18.0 Å². The van der Waals surface area contributed by atoms with Gasteiger partial charge in [-0.2, -0.15) is 13.2 Å². The quantitative estimate of drug-likeness (QED) is 0.832. The zero-order valence-corrected chi connectivity index (χ0v) is 15.1. The summed E-state index contributed by atoms with van der Waals surface area (Å²) in [4.78, 5) is 25.9. The third-order valence-corrected chi connectivity index (χ3v) is 3.70. The molecule has 0 fully saturated rings. The lowest BCUT2D eigenvalue weighted by Crippen LogP contribution is -2.27. The van der Waals surface area contributed by atoms with Gasteiger partial charge in [0.05, 0.1) is 12.1 Å². The van der Waals surface area contributed by atoms with E-state index < -0.39 is 17.6 Å². The summed E-state index contributed by atoms with van der Waals surface area (Å²) >= 11 is 0. The number of nitrogens with one attached hydrogen (secondary N) is 2. The number of likely N-dealkylation sites (N-methyl/N-ethyl adjacent to an activating group) is 1. The number of alkyl halides is 3. The predicted octanol–water partition coefficient (Wildman–Crippen LogP) is 3.77. The molecule has 0 aliphatic rings. The van der Waals surface area contributed by atoms with Crippen molar-refractivity contribution in [1.82, 2.24) is 4.90 Å². The van der Waals surface area contributed by atoms with Crippen molar-refractivity contribution in [3.8, 4) is 0 Å². The van der Waals surface area contributed by atoms with Gasteiger partial charge in [-0.1, -0.05) is 6.07 Å². The number of amides is 2. The third-order valence-electron chi connectivity index (χ3n) is 3.70. The number of carbonyl (C=O) groups is 2. The van der Waals surface area contributed by atoms with Crippen molar-refractivity contribution >= 4 is 23.2 Å². The van der Waals surface area contributed by atoms with Gasteiger partial charge in [0.1, 0.15) is 0 Å². The number of anilines is 2. The Hall–Kier alpha value is -2.87. The number of rotatable bonds is 5. The molecule has 8 heteroatoms. The Balaban J connectivity index is 2.13. The van der Waals surface area contributed by atoms with Crippen LogP contribution in [0.3, 0.4) is 0 Å². The van der Waals surface area contributed by atoms with Crippen molar-refractivity contribution in [2.75, 3.05) is 31.3 Å². The zero-order valence-electron chi connectivity index (χ0n) is 15.1. The van der Waals surface area contributed by atoms with Crippen molar-refractivity contribution in [2.24, 2.45) is 0 Å². The summed E-state index contributed by atoms with van der Waals surface area (Å²) in [6, 6.07) is 9.00. The van der Waals surface area contributed by atoms with Gasteiger partial charge in [0.2, 0.25) is 5.91 Å². The number of aryl methyl sites for hydroxylation is 1. The maximum Gasteiger partial charge on any atom is 0.416 e. The van der Waals surface area contributed by atoms with Crippen LogP contribution in [-0.2, 0) is 11.0 Å². The van der Waals surface area contributed by atoms with Crippen LogP contribution in [0.2, 0.25) is 0 Å². The summed E-state index contributed by atoms with van der Waals surface area (Å²) in [6.07, 6.45) is -4.45. The molecule has 0 spiro atoms. The summed E-state index contributed by atoms with van der Waals surface area (Å²) in [5.74, 6) is -0.743. The fourth-order valence-electron chi connectivity index (χ4n) is 2.33. The Bertz CT molecular complexity index is 831. The molecular formula is C19H20F3N3O2. The second kappa shape index (κ2) is 8.22. The molecule has 2 amide bonds. The van der Waals surface area contributed by atoms with Crippen molar-refractivity contribution in [2.45, 2.75) is 13.1 Å². The largest absolute Gasteiger partial charge is 0.416 e. The maximum atomic E-state index is 12.6. The first-order valence-corrected chi connectivity index (χ1v) is 8.10. The first-order valence-electron chi connectivity index (χ1n) is 8.10. The van der Waals surface area contributed by atoms with Gasteiger partial charge in [-0.15, -0.1) is 0 Å². The van der Waals surface area contributed by atoms with Crippen molar-refractivity contribution in [1.29, 1.82) is 0 Å². The highest BCUT2D eigenvalue weighted by Crippen LogP contribution is 2.29. The number of nitrogens with zero attached hydrogens (tertiary/aromatic N) is 1. The SMILES string of the molecule is Cc1ccc(NC(=O)CN(C)C)cc1NC(=O)c1ccc(C(F)(F)F)cc1. The summed E-state index contributed by atoms with van der Waals surface area (Å²) in [5.41, 5.74) is 1.00. The van der Waals surface area contributed by atoms with Crippen LogP contribution in [0, 0.1) is 6.92 Å². The van der Waals surface area contributed by atoms with Gasteiger partial charge in [0, 0.05) is 16.9 Å². The average Bonchev–Trinajstić information content (AvgIpc) is 2.56. The molecule has 0 saturated carbocycles. The Kier molecular flexibility index (Phi) is 6.22. The van der Waals surface area contributed by atoms with E-state index in [2.05, 4.69) is 10.6 Å². The average molecular weight is 379 g/mol. The molecule has 0 aliphatic heterocycles. The standard InChI is InChI=1S/C19H20F3N3O2/c1-12-4-9-15(23-17(26)11-25(2)3)10-16(12)24-18(27)13-5-7-14(8-6-13)19(20,21)22/h4-10H,11H2,1-3H3,(H,23,26)(H,24,27). The monoisotopic (exact) mass is 379 g/mol. The highest BCUT2D eigenvalue weighted by atomic mass is 19.4. The van der Waals surface area contributed by atoms with E-state index in [1.54, 1.807) is 44.1 Å². The van der Waals surface area contributed by atoms with Crippen LogP contribution in [0.1, 0.15) is 21.5 Å². The lowest BCUT2D eigenvalue weighted by atomic mass is 10.1. The van der Waals surface area contributed by atoms with E-state index in [0.717, 1.165) is 29.8 Å². The molecule has 2 N–H and O–H groups in total. The van der Waals surface area contributed by atoms with E-state index in [1.165, 1.54) is 0 Å². The predicted molar refractivity (Wildman–Crippen MR) is 97.8 cm³/mol. The van der Waals surface area contributed by atoms with Gasteiger partial charge in [-0.3, -0.25) is 9.59 Å². The van der Waals surface area contributed by atoms with Crippen LogP contribution >= 0.6 is 0 Å². The number of benzene rings is 2. The minimum absolute atomic E-state index is 0.101. The van der Waals surface area contributed by atoms with Gasteiger partial charge >= 0.3 is 6.18 Å². The van der Waals surface area contributed by atoms with E-state index >= 15 is 0 Å². The first kappa shape index (κ1) is 20.4. The van der Waals surface area contributed by atoms with Gasteiger partial charge < -0.3 is 15.5 Å². The summed E-state index contributed by atoms with van der Waals surface area (Å²) in [5, 5.41) is 5.38. The molecule has 2 aromatic carbocycles. The molecule has 144 valence electrons. The van der Waals surface area contributed by atoms with Gasteiger partial charge in [-0.25, -0.2) is 0 Å². The molecule has 2 rings (SSSR count). The molecule has 0 aromatic heterocycles. The Morgan fingerprint density at radius 2 is 1.63 bits per heavy atom. The van der Waals surface area contributed by atoms with E-state index in [1.807, 2.05) is 0 Å². The summed E-state index contributed by atoms with van der Waals surface area (Å²) in [7, 11) is 3.54. The van der Waals surface area contributed by atoms with Crippen LogP contribution in [-0.4, -0.2) is 37.4 Å². The minimum Gasteiger partial charge on any atom is -0.325 e. The lowest BCUT2D eigenvalue weighted by Gasteiger charge is -2.13. The van der Waals surface area contributed by atoms with Crippen molar-refractivity contribution in [3.63, 3.8) is 0 Å². The zero-order chi connectivity index (χ0) is 20.2. The third kappa shape index (κ3) is 5.82. The molecule has 0 saturated heterocycles. The Morgan fingerprint density at radius 3 is 2.19 bits per heavy atom. The van der Waals surface area contributed by atoms with E-state index in [9.17, 15) is 22.8 Å². The Morgan fingerprint density at radius 1 is 1.00 bits per heavy atom. The lowest BCUT2D eigenvalue weighted by molar-refractivity contribution is -0.137. The molecule has 0 bridgehead atoms. The second-order valence-electron chi connectivity index (χ2n) is 6.34. The van der Waals surface area contributed by atoms with Gasteiger partial charge in [0.25, 0.3) is 5.91 Å². The molecule has 0 atom stereocenters. The number of carbonyl (C=O) groups excluding carboxylic acids is 2. The van der Waals surface area contributed by atoms with Crippen LogP contribution in [0.5, 0.6) is 0 Å². The minimum atomic E-state index is -4.45. The van der Waals surface area contributed by atoms with Crippen molar-refractivity contribution in [3.05, 3.63) is 59.2 Å². The van der Waals surface area contributed by atoms with Crippen LogP contribution in [0.25, 0.3) is 0 Å². The molecule has 0 aliphatic carbocycles. The fraction of sp³-hybridized carbons (Fsp3) is 0.263. The Labute approximate surface area is 155 Å².